The monoisotopic (exact) mass is 210 g/mol. The summed E-state index contributed by atoms with van der Waals surface area (Å²) < 4.78 is 0. The van der Waals surface area contributed by atoms with Crippen LogP contribution in [0.4, 0.5) is 0 Å². The number of nitrogens with one attached hydrogen (secondary N) is 1. The molecule has 2 unspecified atom stereocenters. The van der Waals surface area contributed by atoms with Crippen LogP contribution in [0, 0.1) is 0 Å². The second-order valence-electron chi connectivity index (χ2n) is 3.34. The second-order valence-corrected chi connectivity index (χ2v) is 3.34. The van der Waals surface area contributed by atoms with Crippen molar-refractivity contribution < 1.29 is 15.0 Å². The van der Waals surface area contributed by atoms with Crippen LogP contribution in [0.2, 0.25) is 0 Å². The van der Waals surface area contributed by atoms with E-state index in [0.717, 1.165) is 0 Å². The van der Waals surface area contributed by atoms with E-state index in [9.17, 15) is 9.90 Å². The first-order valence-corrected chi connectivity index (χ1v) is 4.61. The molecule has 1 aromatic heterocycles. The van der Waals surface area contributed by atoms with Gasteiger partial charge in [0, 0.05) is 5.92 Å². The Balaban J connectivity index is 2.83. The van der Waals surface area contributed by atoms with Gasteiger partial charge in [-0.3, -0.25) is 4.79 Å². The van der Waals surface area contributed by atoms with Crippen LogP contribution in [0.15, 0.2) is 18.9 Å². The van der Waals surface area contributed by atoms with E-state index >= 15 is 0 Å². The second kappa shape index (κ2) is 4.75. The van der Waals surface area contributed by atoms with Crippen LogP contribution in [-0.4, -0.2) is 26.2 Å². The summed E-state index contributed by atoms with van der Waals surface area (Å²) >= 11 is 0. The Morgan fingerprint density at radius 3 is 2.87 bits per heavy atom. The molecule has 82 valence electrons. The third-order valence-electron chi connectivity index (χ3n) is 2.10. The first-order chi connectivity index (χ1) is 7.04. The summed E-state index contributed by atoms with van der Waals surface area (Å²) in [6.45, 7) is 5.17. The number of aliphatic hydroxyl groups is 1. The van der Waals surface area contributed by atoms with Gasteiger partial charge in [-0.1, -0.05) is 6.08 Å². The quantitative estimate of drug-likeness (QED) is 0.637. The largest absolute Gasteiger partial charge is 0.481 e. The molecule has 5 heteroatoms. The van der Waals surface area contributed by atoms with Crippen molar-refractivity contribution in [3.05, 3.63) is 30.4 Å². The Hall–Kier alpha value is -1.62. The molecule has 0 bridgehead atoms. The van der Waals surface area contributed by atoms with E-state index in [1.165, 1.54) is 12.3 Å². The highest BCUT2D eigenvalue weighted by atomic mass is 16.4. The minimum atomic E-state index is -0.908. The number of rotatable bonds is 5. The topological polar surface area (TPSA) is 86.2 Å². The molecule has 0 spiro atoms. The summed E-state index contributed by atoms with van der Waals surface area (Å²) in [5.74, 6) is -0.742. The molecule has 0 amide bonds. The van der Waals surface area contributed by atoms with Gasteiger partial charge in [0.05, 0.1) is 24.4 Å². The lowest BCUT2D eigenvalue weighted by Gasteiger charge is -2.06. The van der Waals surface area contributed by atoms with Gasteiger partial charge in [0.2, 0.25) is 0 Å². The van der Waals surface area contributed by atoms with Crippen LogP contribution in [0.1, 0.15) is 36.9 Å². The Kier molecular flexibility index (Phi) is 3.62. The van der Waals surface area contributed by atoms with E-state index in [2.05, 4.69) is 16.5 Å². The van der Waals surface area contributed by atoms with E-state index in [1.54, 1.807) is 6.92 Å². The lowest BCUT2D eigenvalue weighted by molar-refractivity contribution is -0.137. The van der Waals surface area contributed by atoms with E-state index < -0.39 is 12.1 Å². The fraction of sp³-hybridized carbons (Fsp3) is 0.400. The molecule has 5 nitrogen and oxygen atoms in total. The summed E-state index contributed by atoms with van der Waals surface area (Å²) in [7, 11) is 0. The predicted octanol–water partition coefficient (Wildman–Crippen LogP) is 1.21. The minimum Gasteiger partial charge on any atom is -0.481 e. The van der Waals surface area contributed by atoms with Crippen LogP contribution in [0.5, 0.6) is 0 Å². The van der Waals surface area contributed by atoms with E-state index in [1.807, 2.05) is 0 Å². The normalized spacial score (nSPS) is 14.5. The van der Waals surface area contributed by atoms with E-state index in [4.69, 9.17) is 5.11 Å². The number of hydrogen-bond acceptors (Lipinski definition) is 3. The number of aliphatic hydroxyl groups excluding tert-OH is 1. The molecule has 0 aromatic carbocycles. The fourth-order valence-electron chi connectivity index (χ4n) is 1.23. The van der Waals surface area contributed by atoms with Gasteiger partial charge >= 0.3 is 5.97 Å². The van der Waals surface area contributed by atoms with Gasteiger partial charge in [-0.15, -0.1) is 6.58 Å². The maximum atomic E-state index is 10.5. The number of hydrogen-bond donors (Lipinski definition) is 3. The number of nitrogens with zero attached hydrogens (tertiary/aromatic N) is 1. The number of H-pyrrole nitrogens is 1. The summed E-state index contributed by atoms with van der Waals surface area (Å²) in [5.41, 5.74) is 0.572. The lowest BCUT2D eigenvalue weighted by Crippen LogP contribution is -2.05. The van der Waals surface area contributed by atoms with Crippen molar-refractivity contribution in [2.24, 2.45) is 0 Å². The molecule has 0 fully saturated rings. The average Bonchev–Trinajstić information content (AvgIpc) is 2.62. The first kappa shape index (κ1) is 11.5. The molecule has 3 N–H and O–H groups in total. The van der Waals surface area contributed by atoms with Crippen molar-refractivity contribution in [1.82, 2.24) is 9.97 Å². The molecule has 1 aromatic rings. The van der Waals surface area contributed by atoms with Gasteiger partial charge < -0.3 is 15.2 Å². The Labute approximate surface area is 87.5 Å². The molecule has 1 rings (SSSR count). The van der Waals surface area contributed by atoms with Gasteiger partial charge in [-0.05, 0) is 6.92 Å². The summed E-state index contributed by atoms with van der Waals surface area (Å²) in [6, 6.07) is 0. The SMILES string of the molecule is C=CC(CC(=O)O)c1ncc(C(C)O)[nH]1. The number of carbonyl (C=O) groups is 1. The molecular formula is C10H14N2O3. The number of allylic oxidation sites excluding steroid dienone is 1. The van der Waals surface area contributed by atoms with Crippen molar-refractivity contribution >= 4 is 5.97 Å². The number of imidazole rings is 1. The Bertz CT molecular complexity index is 357. The van der Waals surface area contributed by atoms with Crippen LogP contribution in [-0.2, 0) is 4.79 Å². The molecule has 0 saturated heterocycles. The number of aromatic nitrogens is 2. The number of aromatic amines is 1. The van der Waals surface area contributed by atoms with Crippen LogP contribution in [0.25, 0.3) is 0 Å². The number of carboxylic acid groups (broad SMARTS) is 1. The van der Waals surface area contributed by atoms with Crippen molar-refractivity contribution in [1.29, 1.82) is 0 Å². The fourth-order valence-corrected chi connectivity index (χ4v) is 1.23. The number of aliphatic carboxylic acids is 1. The number of carboxylic acids is 1. The zero-order valence-electron chi connectivity index (χ0n) is 8.47. The molecular weight excluding hydrogens is 196 g/mol. The molecule has 0 saturated carbocycles. The minimum absolute atomic E-state index is 0.0593. The highest BCUT2D eigenvalue weighted by molar-refractivity contribution is 5.68. The van der Waals surface area contributed by atoms with Gasteiger partial charge in [-0.2, -0.15) is 0 Å². The Morgan fingerprint density at radius 1 is 1.80 bits per heavy atom. The molecule has 0 radical (unpaired) electrons. The smallest absolute Gasteiger partial charge is 0.304 e. The standard InChI is InChI=1S/C10H14N2O3/c1-3-7(4-9(14)15)10-11-5-8(12-10)6(2)13/h3,5-7,13H,1,4H2,2H3,(H,11,12)(H,14,15). The van der Waals surface area contributed by atoms with E-state index in [-0.39, 0.29) is 12.3 Å². The van der Waals surface area contributed by atoms with Crippen molar-refractivity contribution in [2.75, 3.05) is 0 Å². The molecule has 0 aliphatic rings. The van der Waals surface area contributed by atoms with Crippen LogP contribution < -0.4 is 0 Å². The molecule has 15 heavy (non-hydrogen) atoms. The van der Waals surface area contributed by atoms with Gasteiger partial charge in [0.25, 0.3) is 0 Å². The van der Waals surface area contributed by atoms with Crippen LogP contribution in [0.3, 0.4) is 0 Å². The van der Waals surface area contributed by atoms with Gasteiger partial charge in [0.15, 0.2) is 0 Å². The molecule has 2 atom stereocenters. The molecule has 0 aliphatic heterocycles. The summed E-state index contributed by atoms with van der Waals surface area (Å²) in [4.78, 5) is 17.4. The van der Waals surface area contributed by atoms with Gasteiger partial charge in [-0.25, -0.2) is 4.98 Å². The third kappa shape index (κ3) is 2.92. The summed E-state index contributed by atoms with van der Waals surface area (Å²) in [6.07, 6.45) is 2.33. The molecule has 0 aliphatic carbocycles. The molecule has 1 heterocycles. The zero-order chi connectivity index (χ0) is 11.4. The average molecular weight is 210 g/mol. The predicted molar refractivity (Wildman–Crippen MR) is 54.4 cm³/mol. The first-order valence-electron chi connectivity index (χ1n) is 4.61. The third-order valence-corrected chi connectivity index (χ3v) is 2.10. The summed E-state index contributed by atoms with van der Waals surface area (Å²) in [5, 5.41) is 17.9. The highest BCUT2D eigenvalue weighted by Crippen LogP contribution is 2.19. The highest BCUT2D eigenvalue weighted by Gasteiger charge is 2.16. The Morgan fingerprint density at radius 2 is 2.47 bits per heavy atom. The van der Waals surface area contributed by atoms with E-state index in [0.29, 0.717) is 11.5 Å². The lowest BCUT2D eigenvalue weighted by atomic mass is 10.1. The van der Waals surface area contributed by atoms with Crippen molar-refractivity contribution in [2.45, 2.75) is 25.4 Å². The van der Waals surface area contributed by atoms with Crippen molar-refractivity contribution in [3.63, 3.8) is 0 Å². The van der Waals surface area contributed by atoms with Crippen LogP contribution >= 0.6 is 0 Å². The zero-order valence-corrected chi connectivity index (χ0v) is 8.47. The van der Waals surface area contributed by atoms with Gasteiger partial charge in [0.1, 0.15) is 5.82 Å². The van der Waals surface area contributed by atoms with Crippen molar-refractivity contribution in [3.8, 4) is 0 Å². The maximum absolute atomic E-state index is 10.5. The maximum Gasteiger partial charge on any atom is 0.304 e.